The average Bonchev–Trinajstić information content (AvgIpc) is 3.19. The van der Waals surface area contributed by atoms with Gasteiger partial charge >= 0.3 is 0 Å². The quantitative estimate of drug-likeness (QED) is 0.896. The molecule has 1 saturated carbocycles. The second-order valence-corrected chi connectivity index (χ2v) is 8.04. The molecule has 3 rings (SSSR count). The molecule has 126 valence electrons. The van der Waals surface area contributed by atoms with Gasteiger partial charge in [0.15, 0.2) is 0 Å². The van der Waals surface area contributed by atoms with Crippen LogP contribution in [0.25, 0.3) is 0 Å². The first kappa shape index (κ1) is 16.4. The van der Waals surface area contributed by atoms with Crippen LogP contribution in [0.3, 0.4) is 0 Å². The van der Waals surface area contributed by atoms with Crippen LogP contribution in [-0.4, -0.2) is 39.5 Å². The zero-order valence-corrected chi connectivity index (χ0v) is 14.6. The molecule has 2 aliphatic rings. The highest BCUT2D eigenvalue weighted by atomic mass is 32.1. The third kappa shape index (κ3) is 3.88. The summed E-state index contributed by atoms with van der Waals surface area (Å²) in [5.74, 6) is 0.264. The summed E-state index contributed by atoms with van der Waals surface area (Å²) in [7, 11) is 0. The fourth-order valence-electron chi connectivity index (χ4n) is 3.42. The Morgan fingerprint density at radius 2 is 2.09 bits per heavy atom. The Hall–Kier alpha value is -1.50. The lowest BCUT2D eigenvalue weighted by atomic mass is 10.1. The highest BCUT2D eigenvalue weighted by molar-refractivity contribution is 7.15. The summed E-state index contributed by atoms with van der Waals surface area (Å²) in [6.07, 6.45) is 5.72. The highest BCUT2D eigenvalue weighted by Crippen LogP contribution is 2.30. The highest BCUT2D eigenvalue weighted by Gasteiger charge is 2.38. The summed E-state index contributed by atoms with van der Waals surface area (Å²) in [4.78, 5) is 26.5. The molecular weight excluding hydrogens is 312 g/mol. The van der Waals surface area contributed by atoms with Crippen LogP contribution in [0.4, 0.5) is 5.13 Å². The number of carbonyl (C=O) groups excluding carboxylic acids is 2. The third-order valence-corrected chi connectivity index (χ3v) is 5.44. The van der Waals surface area contributed by atoms with Gasteiger partial charge in [-0.15, -0.1) is 10.2 Å². The van der Waals surface area contributed by atoms with Crippen molar-refractivity contribution in [3.8, 4) is 0 Å². The lowest BCUT2D eigenvalue weighted by molar-refractivity contribution is -0.129. The Kier molecular flexibility index (Phi) is 4.94. The Balaban J connectivity index is 1.56. The molecular formula is C16H24N4O2S. The Morgan fingerprint density at radius 1 is 1.35 bits per heavy atom. The third-order valence-electron chi connectivity index (χ3n) is 4.57. The number of hydrogen-bond acceptors (Lipinski definition) is 5. The van der Waals surface area contributed by atoms with Gasteiger partial charge in [0.25, 0.3) is 0 Å². The van der Waals surface area contributed by atoms with E-state index in [1.807, 2.05) is 4.90 Å². The number of likely N-dealkylation sites (tertiary alicyclic amines) is 1. The maximum absolute atomic E-state index is 12.4. The van der Waals surface area contributed by atoms with Crippen LogP contribution >= 0.6 is 11.3 Å². The second-order valence-electron chi connectivity index (χ2n) is 6.97. The van der Waals surface area contributed by atoms with Crippen LogP contribution in [-0.2, 0) is 16.0 Å². The van der Waals surface area contributed by atoms with Crippen molar-refractivity contribution in [2.45, 2.75) is 58.4 Å². The van der Waals surface area contributed by atoms with Crippen molar-refractivity contribution in [2.75, 3.05) is 11.9 Å². The minimum Gasteiger partial charge on any atom is -0.339 e. The molecule has 2 heterocycles. The number of amides is 2. The zero-order valence-electron chi connectivity index (χ0n) is 13.7. The largest absolute Gasteiger partial charge is 0.339 e. The standard InChI is InChI=1S/C16H24N4O2S/c1-10(2)7-13-18-19-16(23-13)17-15(22)11-8-14(21)20(9-11)12-5-3-4-6-12/h10-12H,3-9H2,1-2H3,(H,17,19,22)/t11-/m0/s1. The number of carbonyl (C=O) groups is 2. The second kappa shape index (κ2) is 6.95. The Morgan fingerprint density at radius 3 is 2.78 bits per heavy atom. The molecule has 0 unspecified atom stereocenters. The summed E-state index contributed by atoms with van der Waals surface area (Å²) >= 11 is 1.42. The van der Waals surface area contributed by atoms with E-state index in [2.05, 4.69) is 29.4 Å². The number of rotatable bonds is 5. The van der Waals surface area contributed by atoms with Crippen LogP contribution in [0.2, 0.25) is 0 Å². The van der Waals surface area contributed by atoms with E-state index in [4.69, 9.17) is 0 Å². The van der Waals surface area contributed by atoms with Crippen molar-refractivity contribution in [1.29, 1.82) is 0 Å². The van der Waals surface area contributed by atoms with E-state index in [0.29, 0.717) is 30.1 Å². The van der Waals surface area contributed by atoms with Crippen molar-refractivity contribution < 1.29 is 9.59 Å². The summed E-state index contributed by atoms with van der Waals surface area (Å²) < 4.78 is 0. The van der Waals surface area contributed by atoms with Crippen LogP contribution in [0, 0.1) is 11.8 Å². The van der Waals surface area contributed by atoms with Crippen molar-refractivity contribution in [1.82, 2.24) is 15.1 Å². The molecule has 1 saturated heterocycles. The van der Waals surface area contributed by atoms with Crippen LogP contribution in [0.15, 0.2) is 0 Å². The lowest BCUT2D eigenvalue weighted by Crippen LogP contribution is -2.35. The average molecular weight is 336 g/mol. The maximum atomic E-state index is 12.4. The van der Waals surface area contributed by atoms with Gasteiger partial charge in [-0.05, 0) is 18.8 Å². The maximum Gasteiger partial charge on any atom is 0.231 e. The van der Waals surface area contributed by atoms with Gasteiger partial charge in [-0.1, -0.05) is 38.0 Å². The summed E-state index contributed by atoms with van der Waals surface area (Å²) in [5, 5.41) is 12.5. The molecule has 0 radical (unpaired) electrons. The van der Waals surface area contributed by atoms with Gasteiger partial charge in [0.1, 0.15) is 5.01 Å². The van der Waals surface area contributed by atoms with Gasteiger partial charge < -0.3 is 10.2 Å². The monoisotopic (exact) mass is 336 g/mol. The van der Waals surface area contributed by atoms with E-state index < -0.39 is 0 Å². The molecule has 1 aromatic heterocycles. The van der Waals surface area contributed by atoms with E-state index in [1.54, 1.807) is 0 Å². The number of nitrogens with one attached hydrogen (secondary N) is 1. The molecule has 1 aliphatic carbocycles. The van der Waals surface area contributed by atoms with Gasteiger partial charge in [0, 0.05) is 25.4 Å². The van der Waals surface area contributed by atoms with Crippen LogP contribution in [0.5, 0.6) is 0 Å². The van der Waals surface area contributed by atoms with Gasteiger partial charge in [-0.2, -0.15) is 0 Å². The van der Waals surface area contributed by atoms with E-state index in [0.717, 1.165) is 24.3 Å². The SMILES string of the molecule is CC(C)Cc1nnc(NC(=O)[C@H]2CC(=O)N(C3CCCC3)C2)s1. The molecule has 0 bridgehead atoms. The smallest absolute Gasteiger partial charge is 0.231 e. The van der Waals surface area contributed by atoms with Gasteiger partial charge in [-0.25, -0.2) is 0 Å². The molecule has 23 heavy (non-hydrogen) atoms. The van der Waals surface area contributed by atoms with Crippen molar-refractivity contribution >= 4 is 28.3 Å². The molecule has 7 heteroatoms. The predicted octanol–water partition coefficient (Wildman–Crippen LogP) is 2.47. The predicted molar refractivity (Wildman–Crippen MR) is 89.2 cm³/mol. The minimum atomic E-state index is -0.263. The lowest BCUT2D eigenvalue weighted by Gasteiger charge is -2.23. The molecule has 1 aliphatic heterocycles. The molecule has 1 N–H and O–H groups in total. The zero-order chi connectivity index (χ0) is 16.4. The Labute approximate surface area is 140 Å². The molecule has 2 fully saturated rings. The fraction of sp³-hybridized carbons (Fsp3) is 0.750. The normalized spacial score (nSPS) is 22.3. The molecule has 2 amide bonds. The van der Waals surface area contributed by atoms with Crippen molar-refractivity contribution in [3.63, 3.8) is 0 Å². The van der Waals surface area contributed by atoms with Crippen LogP contribution in [0.1, 0.15) is 51.0 Å². The summed E-state index contributed by atoms with van der Waals surface area (Å²) in [5.41, 5.74) is 0. The Bertz CT molecular complexity index is 580. The van der Waals surface area contributed by atoms with E-state index in [9.17, 15) is 9.59 Å². The van der Waals surface area contributed by atoms with Gasteiger partial charge in [0.2, 0.25) is 16.9 Å². The van der Waals surface area contributed by atoms with Crippen molar-refractivity contribution in [2.24, 2.45) is 11.8 Å². The first-order valence-corrected chi connectivity index (χ1v) is 9.27. The summed E-state index contributed by atoms with van der Waals surface area (Å²) in [6, 6.07) is 0.347. The number of aromatic nitrogens is 2. The van der Waals surface area contributed by atoms with E-state index in [-0.39, 0.29) is 17.7 Å². The first-order valence-electron chi connectivity index (χ1n) is 8.45. The number of hydrogen-bond donors (Lipinski definition) is 1. The van der Waals surface area contributed by atoms with Crippen molar-refractivity contribution in [3.05, 3.63) is 5.01 Å². The molecule has 6 nitrogen and oxygen atoms in total. The van der Waals surface area contributed by atoms with Gasteiger partial charge in [-0.3, -0.25) is 9.59 Å². The number of nitrogens with zero attached hydrogens (tertiary/aromatic N) is 3. The topological polar surface area (TPSA) is 75.2 Å². The summed E-state index contributed by atoms with van der Waals surface area (Å²) in [6.45, 7) is 4.80. The molecule has 0 aromatic carbocycles. The number of anilines is 1. The van der Waals surface area contributed by atoms with E-state index in [1.165, 1.54) is 24.2 Å². The van der Waals surface area contributed by atoms with Gasteiger partial charge in [0.05, 0.1) is 5.92 Å². The molecule has 1 atom stereocenters. The first-order chi connectivity index (χ1) is 11.0. The molecule has 0 spiro atoms. The van der Waals surface area contributed by atoms with E-state index >= 15 is 0 Å². The van der Waals surface area contributed by atoms with Crippen LogP contribution < -0.4 is 5.32 Å². The minimum absolute atomic E-state index is 0.105. The molecule has 1 aromatic rings. The fourth-order valence-corrected chi connectivity index (χ4v) is 4.37.